The summed E-state index contributed by atoms with van der Waals surface area (Å²) in [5.41, 5.74) is 0. The Morgan fingerprint density at radius 2 is 1.87 bits per heavy atom. The van der Waals surface area contributed by atoms with Crippen molar-refractivity contribution in [1.29, 1.82) is 0 Å². The predicted molar refractivity (Wildman–Crippen MR) is 51.8 cm³/mol. The molecule has 0 aliphatic heterocycles. The van der Waals surface area contributed by atoms with Crippen LogP contribution in [0, 0.1) is 5.92 Å². The lowest BCUT2D eigenvalue weighted by Crippen LogP contribution is -2.22. The Labute approximate surface area is 88.7 Å². The lowest BCUT2D eigenvalue weighted by atomic mass is 10.1. The number of halogens is 2. The Kier molecular flexibility index (Phi) is 7.21. The van der Waals surface area contributed by atoms with Crippen LogP contribution in [0.4, 0.5) is 8.78 Å². The van der Waals surface area contributed by atoms with Crippen molar-refractivity contribution in [1.82, 2.24) is 0 Å². The molecule has 0 N–H and O–H groups in total. The second kappa shape index (κ2) is 7.56. The van der Waals surface area contributed by atoms with Gasteiger partial charge in [0.2, 0.25) is 0 Å². The third-order valence-corrected chi connectivity index (χ3v) is 2.08. The topological polar surface area (TPSA) is 35.5 Å². The molecular weight excluding hydrogens is 206 g/mol. The van der Waals surface area contributed by atoms with Crippen LogP contribution in [-0.2, 0) is 14.3 Å². The molecule has 0 saturated carbocycles. The first-order valence-electron chi connectivity index (χ1n) is 5.05. The van der Waals surface area contributed by atoms with E-state index in [4.69, 9.17) is 9.47 Å². The van der Waals surface area contributed by atoms with Gasteiger partial charge in [0.05, 0.1) is 12.5 Å². The zero-order chi connectivity index (χ0) is 11.8. The minimum Gasteiger partial charge on any atom is -0.463 e. The van der Waals surface area contributed by atoms with E-state index in [1.165, 1.54) is 6.92 Å². The average molecular weight is 224 g/mol. The smallest absolute Gasteiger partial charge is 0.308 e. The summed E-state index contributed by atoms with van der Waals surface area (Å²) in [4.78, 5) is 11.1. The van der Waals surface area contributed by atoms with Crippen molar-refractivity contribution in [2.24, 2.45) is 5.92 Å². The van der Waals surface area contributed by atoms with E-state index >= 15 is 0 Å². The summed E-state index contributed by atoms with van der Waals surface area (Å²) in [7, 11) is 0. The van der Waals surface area contributed by atoms with Crippen LogP contribution in [-0.4, -0.2) is 31.7 Å². The molecule has 15 heavy (non-hydrogen) atoms. The SMILES string of the molecule is CCC(C)C(=O)OCCOC(C)C(F)F. The van der Waals surface area contributed by atoms with Crippen LogP contribution in [0.1, 0.15) is 27.2 Å². The highest BCUT2D eigenvalue weighted by atomic mass is 19.3. The molecule has 0 saturated heterocycles. The average Bonchev–Trinajstić information content (AvgIpc) is 2.22. The van der Waals surface area contributed by atoms with Crippen LogP contribution in [0.2, 0.25) is 0 Å². The molecule has 90 valence electrons. The van der Waals surface area contributed by atoms with E-state index in [1.54, 1.807) is 6.92 Å². The standard InChI is InChI=1S/C10H18F2O3/c1-4-7(2)10(13)15-6-5-14-8(3)9(11)12/h7-9H,4-6H2,1-3H3. The van der Waals surface area contributed by atoms with Crippen LogP contribution >= 0.6 is 0 Å². The molecule has 0 amide bonds. The largest absolute Gasteiger partial charge is 0.463 e. The van der Waals surface area contributed by atoms with Gasteiger partial charge in [-0.1, -0.05) is 13.8 Å². The van der Waals surface area contributed by atoms with Crippen LogP contribution in [0.25, 0.3) is 0 Å². The highest BCUT2D eigenvalue weighted by molar-refractivity contribution is 5.71. The number of ether oxygens (including phenoxy) is 2. The van der Waals surface area contributed by atoms with Crippen LogP contribution < -0.4 is 0 Å². The van der Waals surface area contributed by atoms with Crippen molar-refractivity contribution in [2.45, 2.75) is 39.7 Å². The Bertz CT molecular complexity index is 186. The molecule has 0 aromatic heterocycles. The Morgan fingerprint density at radius 1 is 1.27 bits per heavy atom. The summed E-state index contributed by atoms with van der Waals surface area (Å²) in [6, 6.07) is 0. The van der Waals surface area contributed by atoms with E-state index in [0.29, 0.717) is 6.42 Å². The molecule has 3 nitrogen and oxygen atoms in total. The molecule has 0 fully saturated rings. The molecule has 0 aliphatic carbocycles. The van der Waals surface area contributed by atoms with Gasteiger partial charge in [0, 0.05) is 0 Å². The summed E-state index contributed by atoms with van der Waals surface area (Å²) in [5, 5.41) is 0. The lowest BCUT2D eigenvalue weighted by molar-refractivity contribution is -0.151. The van der Waals surface area contributed by atoms with E-state index in [9.17, 15) is 13.6 Å². The maximum Gasteiger partial charge on any atom is 0.308 e. The van der Waals surface area contributed by atoms with E-state index in [0.717, 1.165) is 0 Å². The van der Waals surface area contributed by atoms with Gasteiger partial charge < -0.3 is 9.47 Å². The summed E-state index contributed by atoms with van der Waals surface area (Å²) in [5.74, 6) is -0.469. The van der Waals surface area contributed by atoms with Crippen molar-refractivity contribution < 1.29 is 23.0 Å². The fourth-order valence-electron chi connectivity index (χ4n) is 0.758. The van der Waals surface area contributed by atoms with E-state index in [-0.39, 0.29) is 25.1 Å². The zero-order valence-corrected chi connectivity index (χ0v) is 9.33. The van der Waals surface area contributed by atoms with Crippen molar-refractivity contribution in [3.63, 3.8) is 0 Å². The first-order valence-corrected chi connectivity index (χ1v) is 5.05. The Morgan fingerprint density at radius 3 is 2.33 bits per heavy atom. The number of carbonyl (C=O) groups excluding carboxylic acids is 1. The van der Waals surface area contributed by atoms with Gasteiger partial charge in [0.25, 0.3) is 6.43 Å². The van der Waals surface area contributed by atoms with Crippen molar-refractivity contribution in [2.75, 3.05) is 13.2 Å². The number of rotatable bonds is 7. The molecule has 0 aromatic carbocycles. The molecule has 0 rings (SSSR count). The monoisotopic (exact) mass is 224 g/mol. The third kappa shape index (κ3) is 6.38. The quantitative estimate of drug-likeness (QED) is 0.491. The third-order valence-electron chi connectivity index (χ3n) is 2.08. The molecular formula is C10H18F2O3. The normalized spacial score (nSPS) is 15.1. The molecule has 0 radical (unpaired) electrons. The summed E-state index contributed by atoms with van der Waals surface area (Å²) in [6.07, 6.45) is -2.92. The molecule has 0 spiro atoms. The second-order valence-electron chi connectivity index (χ2n) is 3.39. The highest BCUT2D eigenvalue weighted by Gasteiger charge is 2.15. The molecule has 5 heteroatoms. The van der Waals surface area contributed by atoms with E-state index < -0.39 is 12.5 Å². The van der Waals surface area contributed by atoms with Gasteiger partial charge in [-0.15, -0.1) is 0 Å². The van der Waals surface area contributed by atoms with Crippen LogP contribution in [0.3, 0.4) is 0 Å². The summed E-state index contributed by atoms with van der Waals surface area (Å²) < 4.78 is 33.5. The second-order valence-corrected chi connectivity index (χ2v) is 3.39. The highest BCUT2D eigenvalue weighted by Crippen LogP contribution is 2.05. The fraction of sp³-hybridized carbons (Fsp3) is 0.900. The Hall–Kier alpha value is -0.710. The van der Waals surface area contributed by atoms with Crippen LogP contribution in [0.15, 0.2) is 0 Å². The maximum atomic E-state index is 12.0. The Balaban J connectivity index is 3.50. The first kappa shape index (κ1) is 14.3. The lowest BCUT2D eigenvalue weighted by Gasteiger charge is -2.13. The van der Waals surface area contributed by atoms with E-state index in [2.05, 4.69) is 0 Å². The summed E-state index contributed by atoms with van der Waals surface area (Å²) >= 11 is 0. The molecule has 0 heterocycles. The van der Waals surface area contributed by atoms with Crippen molar-refractivity contribution >= 4 is 5.97 Å². The van der Waals surface area contributed by atoms with Gasteiger partial charge in [0.15, 0.2) is 0 Å². The number of carbonyl (C=O) groups is 1. The molecule has 0 aliphatic rings. The number of esters is 1. The molecule has 0 bridgehead atoms. The first-order chi connectivity index (χ1) is 6.99. The number of alkyl halides is 2. The zero-order valence-electron chi connectivity index (χ0n) is 9.33. The molecule has 2 unspecified atom stereocenters. The van der Waals surface area contributed by atoms with E-state index in [1.807, 2.05) is 6.92 Å². The maximum absolute atomic E-state index is 12.0. The van der Waals surface area contributed by atoms with Gasteiger partial charge in [0.1, 0.15) is 12.7 Å². The summed E-state index contributed by atoms with van der Waals surface area (Å²) in [6.45, 7) is 4.95. The van der Waals surface area contributed by atoms with Gasteiger partial charge in [-0.25, -0.2) is 8.78 Å². The van der Waals surface area contributed by atoms with Gasteiger partial charge in [-0.3, -0.25) is 4.79 Å². The minimum absolute atomic E-state index is 0.00762. The van der Waals surface area contributed by atoms with Crippen molar-refractivity contribution in [3.8, 4) is 0 Å². The number of hydrogen-bond donors (Lipinski definition) is 0. The fourth-order valence-corrected chi connectivity index (χ4v) is 0.758. The minimum atomic E-state index is -2.50. The van der Waals surface area contributed by atoms with Crippen molar-refractivity contribution in [3.05, 3.63) is 0 Å². The van der Waals surface area contributed by atoms with Gasteiger partial charge in [-0.05, 0) is 13.3 Å². The molecule has 0 aromatic rings. The van der Waals surface area contributed by atoms with Gasteiger partial charge >= 0.3 is 5.97 Å². The van der Waals surface area contributed by atoms with Gasteiger partial charge in [-0.2, -0.15) is 0 Å². The number of hydrogen-bond acceptors (Lipinski definition) is 3. The molecule has 2 atom stereocenters. The van der Waals surface area contributed by atoms with Crippen LogP contribution in [0.5, 0.6) is 0 Å². The predicted octanol–water partition coefficient (Wildman–Crippen LogP) is 2.25.